The van der Waals surface area contributed by atoms with Crippen molar-refractivity contribution in [3.63, 3.8) is 0 Å². The maximum Gasteiger partial charge on any atom is 0.130 e. The molecule has 0 saturated carbocycles. The largest absolute Gasteiger partial charge is 0.482 e. The van der Waals surface area contributed by atoms with Crippen LogP contribution in [0.1, 0.15) is 29.5 Å². The standard InChI is InChI=1S/C25H30N4O/c1-28-14-16-29(17-15-28)24(26)20-8-6-19(7-9-20)22-18-25(10-12-27-13-11-25)30-23-5-3-2-4-21(22)23/h2-9,18,26-27H,10-17H2,1H3. The third-order valence-corrected chi connectivity index (χ3v) is 6.64. The third kappa shape index (κ3) is 3.64. The number of nitrogens with one attached hydrogen (secondary N) is 2. The van der Waals surface area contributed by atoms with Crippen molar-refractivity contribution in [3.05, 3.63) is 71.3 Å². The Morgan fingerprint density at radius 2 is 1.67 bits per heavy atom. The van der Waals surface area contributed by atoms with Crippen LogP contribution in [0.3, 0.4) is 0 Å². The van der Waals surface area contributed by atoms with Gasteiger partial charge in [0.05, 0.1) is 0 Å². The second-order valence-electron chi connectivity index (χ2n) is 8.69. The number of piperazine rings is 1. The quantitative estimate of drug-likeness (QED) is 0.598. The van der Waals surface area contributed by atoms with E-state index in [4.69, 9.17) is 10.1 Å². The van der Waals surface area contributed by atoms with E-state index in [1.54, 1.807) is 0 Å². The summed E-state index contributed by atoms with van der Waals surface area (Å²) in [5.74, 6) is 1.61. The van der Waals surface area contributed by atoms with Crippen LogP contribution in [0.5, 0.6) is 5.75 Å². The molecule has 5 nitrogen and oxygen atoms in total. The van der Waals surface area contributed by atoms with Gasteiger partial charge in [-0.25, -0.2) is 0 Å². The van der Waals surface area contributed by atoms with Crippen LogP contribution >= 0.6 is 0 Å². The zero-order chi connectivity index (χ0) is 20.6. The lowest BCUT2D eigenvalue weighted by molar-refractivity contribution is 0.0817. The number of benzene rings is 2. The molecule has 0 unspecified atom stereocenters. The minimum Gasteiger partial charge on any atom is -0.482 e. The van der Waals surface area contributed by atoms with Crippen LogP contribution in [0.25, 0.3) is 5.57 Å². The maximum atomic E-state index is 8.64. The van der Waals surface area contributed by atoms with Gasteiger partial charge in [-0.15, -0.1) is 0 Å². The van der Waals surface area contributed by atoms with Gasteiger partial charge in [-0.05, 0) is 43.4 Å². The first-order valence-electron chi connectivity index (χ1n) is 11.0. The molecule has 2 aromatic rings. The molecule has 3 heterocycles. The van der Waals surface area contributed by atoms with E-state index in [0.717, 1.165) is 69.0 Å². The zero-order valence-corrected chi connectivity index (χ0v) is 17.7. The molecule has 30 heavy (non-hydrogen) atoms. The number of hydrogen-bond acceptors (Lipinski definition) is 4. The van der Waals surface area contributed by atoms with Gasteiger partial charge in [0.15, 0.2) is 0 Å². The highest BCUT2D eigenvalue weighted by Gasteiger charge is 2.36. The molecule has 3 aliphatic heterocycles. The molecular formula is C25H30N4O. The number of nitrogens with zero attached hydrogens (tertiary/aromatic N) is 2. The van der Waals surface area contributed by atoms with E-state index in [9.17, 15) is 0 Å². The predicted molar refractivity (Wildman–Crippen MR) is 121 cm³/mol. The van der Waals surface area contributed by atoms with Gasteiger partial charge in [0.2, 0.25) is 0 Å². The van der Waals surface area contributed by atoms with Crippen molar-refractivity contribution in [2.75, 3.05) is 46.3 Å². The molecule has 2 N–H and O–H groups in total. The molecule has 2 saturated heterocycles. The Bertz CT molecular complexity index is 951. The monoisotopic (exact) mass is 402 g/mol. The van der Waals surface area contributed by atoms with E-state index < -0.39 is 0 Å². The molecule has 1 spiro atoms. The van der Waals surface area contributed by atoms with Gasteiger partial charge in [-0.2, -0.15) is 0 Å². The Labute approximate surface area is 178 Å². The van der Waals surface area contributed by atoms with E-state index in [1.165, 1.54) is 11.1 Å². The zero-order valence-electron chi connectivity index (χ0n) is 17.7. The molecule has 0 aliphatic carbocycles. The van der Waals surface area contributed by atoms with Crippen molar-refractivity contribution >= 4 is 11.4 Å². The van der Waals surface area contributed by atoms with E-state index in [1.807, 2.05) is 0 Å². The van der Waals surface area contributed by atoms with Crippen molar-refractivity contribution in [2.45, 2.75) is 18.4 Å². The molecule has 5 heteroatoms. The Hall–Kier alpha value is -2.63. The van der Waals surface area contributed by atoms with Gasteiger partial charge in [0.25, 0.3) is 0 Å². The Balaban J connectivity index is 1.44. The molecule has 3 aliphatic rings. The van der Waals surface area contributed by atoms with E-state index in [0.29, 0.717) is 5.84 Å². The van der Waals surface area contributed by atoms with Crippen molar-refractivity contribution in [3.8, 4) is 5.75 Å². The smallest absolute Gasteiger partial charge is 0.130 e. The Morgan fingerprint density at radius 1 is 0.967 bits per heavy atom. The maximum absolute atomic E-state index is 8.64. The number of likely N-dealkylation sites (N-methyl/N-ethyl adjacent to an activating group) is 1. The fourth-order valence-corrected chi connectivity index (χ4v) is 4.72. The summed E-state index contributed by atoms with van der Waals surface area (Å²) in [6.07, 6.45) is 4.31. The van der Waals surface area contributed by atoms with E-state index in [2.05, 4.69) is 76.8 Å². The Kier molecular flexibility index (Phi) is 5.09. The summed E-state index contributed by atoms with van der Waals surface area (Å²) in [5.41, 5.74) is 4.36. The van der Waals surface area contributed by atoms with Crippen molar-refractivity contribution in [1.82, 2.24) is 15.1 Å². The highest BCUT2D eigenvalue weighted by molar-refractivity contribution is 5.97. The minimum atomic E-state index is -0.222. The second-order valence-corrected chi connectivity index (χ2v) is 8.69. The number of rotatable bonds is 2. The lowest BCUT2D eigenvalue weighted by Gasteiger charge is -2.40. The molecule has 2 aromatic carbocycles. The molecule has 2 fully saturated rings. The molecule has 0 atom stereocenters. The average molecular weight is 403 g/mol. The lowest BCUT2D eigenvalue weighted by atomic mass is 9.83. The van der Waals surface area contributed by atoms with Crippen LogP contribution in [0.15, 0.2) is 54.6 Å². The van der Waals surface area contributed by atoms with Crippen LogP contribution in [0, 0.1) is 5.41 Å². The predicted octanol–water partition coefficient (Wildman–Crippen LogP) is 3.21. The van der Waals surface area contributed by atoms with E-state index >= 15 is 0 Å². The van der Waals surface area contributed by atoms with Crippen LogP contribution in [0.4, 0.5) is 0 Å². The summed E-state index contributed by atoms with van der Waals surface area (Å²) in [6.45, 7) is 5.83. The van der Waals surface area contributed by atoms with Gasteiger partial charge in [-0.1, -0.05) is 42.5 Å². The number of fused-ring (bicyclic) bond motifs is 1. The average Bonchev–Trinajstić information content (AvgIpc) is 2.79. The lowest BCUT2D eigenvalue weighted by Crippen LogP contribution is -2.47. The summed E-state index contributed by atoms with van der Waals surface area (Å²) in [4.78, 5) is 4.50. The molecule has 0 bridgehead atoms. The summed E-state index contributed by atoms with van der Waals surface area (Å²) >= 11 is 0. The van der Waals surface area contributed by atoms with Gasteiger partial charge in [-0.3, -0.25) is 5.41 Å². The Morgan fingerprint density at radius 3 is 2.40 bits per heavy atom. The summed E-state index contributed by atoms with van der Waals surface area (Å²) in [7, 11) is 2.14. The normalized spacial score (nSPS) is 21.0. The number of amidine groups is 1. The third-order valence-electron chi connectivity index (χ3n) is 6.64. The first kappa shape index (κ1) is 19.3. The molecule has 0 amide bonds. The van der Waals surface area contributed by atoms with Crippen molar-refractivity contribution in [2.24, 2.45) is 0 Å². The van der Waals surface area contributed by atoms with Crippen molar-refractivity contribution < 1.29 is 4.74 Å². The van der Waals surface area contributed by atoms with E-state index in [-0.39, 0.29) is 5.60 Å². The number of hydrogen-bond donors (Lipinski definition) is 2. The highest BCUT2D eigenvalue weighted by Crippen LogP contribution is 2.42. The van der Waals surface area contributed by atoms with Crippen molar-refractivity contribution in [1.29, 1.82) is 5.41 Å². The molecule has 0 aromatic heterocycles. The first-order valence-corrected chi connectivity index (χ1v) is 11.0. The molecule has 0 radical (unpaired) electrons. The topological polar surface area (TPSA) is 51.6 Å². The second kappa shape index (κ2) is 7.89. The minimum absolute atomic E-state index is 0.222. The van der Waals surface area contributed by atoms with Gasteiger partial charge in [0, 0.05) is 50.1 Å². The highest BCUT2D eigenvalue weighted by atomic mass is 16.5. The van der Waals surface area contributed by atoms with Gasteiger partial charge >= 0.3 is 0 Å². The van der Waals surface area contributed by atoms with Crippen LogP contribution < -0.4 is 10.1 Å². The summed E-state index contributed by atoms with van der Waals surface area (Å²) in [6, 6.07) is 16.9. The van der Waals surface area contributed by atoms with Crippen LogP contribution in [-0.4, -0.2) is 67.6 Å². The first-order chi connectivity index (χ1) is 14.6. The fraction of sp³-hybridized carbons (Fsp3) is 0.400. The summed E-state index contributed by atoms with van der Waals surface area (Å²) in [5, 5.41) is 12.1. The summed E-state index contributed by atoms with van der Waals surface area (Å²) < 4.78 is 6.50. The van der Waals surface area contributed by atoms with Crippen LogP contribution in [-0.2, 0) is 0 Å². The van der Waals surface area contributed by atoms with Gasteiger partial charge < -0.3 is 19.9 Å². The molecule has 156 valence electrons. The SMILES string of the molecule is CN1CCN(C(=N)c2ccc(C3=CC4(CCNCC4)Oc4ccccc43)cc2)CC1. The van der Waals surface area contributed by atoms with Crippen LogP contribution in [0.2, 0.25) is 0 Å². The number of ether oxygens (including phenoxy) is 1. The molecular weight excluding hydrogens is 372 g/mol. The van der Waals surface area contributed by atoms with Gasteiger partial charge in [0.1, 0.15) is 17.2 Å². The molecule has 5 rings (SSSR count). The fourth-order valence-electron chi connectivity index (χ4n) is 4.72. The number of piperidine rings is 1. The number of para-hydroxylation sites is 1.